The van der Waals surface area contributed by atoms with Gasteiger partial charge in [-0.3, -0.25) is 4.99 Å². The van der Waals surface area contributed by atoms with Gasteiger partial charge in [0, 0.05) is 64.2 Å². The smallest absolute Gasteiger partial charge is 0.191 e. The van der Waals surface area contributed by atoms with Crippen molar-refractivity contribution >= 4 is 46.4 Å². The second-order valence-corrected chi connectivity index (χ2v) is 9.44. The van der Waals surface area contributed by atoms with E-state index >= 15 is 0 Å². The van der Waals surface area contributed by atoms with Crippen molar-refractivity contribution in [1.82, 2.24) is 20.5 Å². The predicted molar refractivity (Wildman–Crippen MR) is 134 cm³/mol. The molecule has 1 aliphatic carbocycles. The SMILES string of the molecule is CN=C(NCCc1csc(N2CCCC2)n1)NC1CCN(CC2CCCC2)C1.I. The van der Waals surface area contributed by atoms with Crippen LogP contribution in [0.1, 0.15) is 50.6 Å². The van der Waals surface area contributed by atoms with Gasteiger partial charge in [0.15, 0.2) is 11.1 Å². The molecule has 3 fully saturated rings. The van der Waals surface area contributed by atoms with E-state index in [1.807, 2.05) is 7.05 Å². The summed E-state index contributed by atoms with van der Waals surface area (Å²) >= 11 is 1.79. The fourth-order valence-electron chi connectivity index (χ4n) is 4.84. The minimum atomic E-state index is 0. The summed E-state index contributed by atoms with van der Waals surface area (Å²) in [6, 6.07) is 0.522. The van der Waals surface area contributed by atoms with Gasteiger partial charge in [0.2, 0.25) is 0 Å². The molecule has 1 atom stereocenters. The summed E-state index contributed by atoms with van der Waals surface area (Å²) in [5.74, 6) is 1.88. The Morgan fingerprint density at radius 3 is 2.72 bits per heavy atom. The maximum absolute atomic E-state index is 4.81. The topological polar surface area (TPSA) is 55.8 Å². The Bertz CT molecular complexity index is 639. The van der Waals surface area contributed by atoms with Crippen molar-refractivity contribution in [3.63, 3.8) is 0 Å². The molecule has 6 nitrogen and oxygen atoms in total. The molecule has 164 valence electrons. The fourth-order valence-corrected chi connectivity index (χ4v) is 5.75. The number of aliphatic imine (C=N–C) groups is 1. The fraction of sp³-hybridized carbons (Fsp3) is 0.810. The Labute approximate surface area is 197 Å². The van der Waals surface area contributed by atoms with E-state index in [4.69, 9.17) is 4.98 Å². The van der Waals surface area contributed by atoms with E-state index in [2.05, 4.69) is 30.8 Å². The quantitative estimate of drug-likeness (QED) is 0.321. The van der Waals surface area contributed by atoms with Gasteiger partial charge >= 0.3 is 0 Å². The molecule has 1 aromatic heterocycles. The van der Waals surface area contributed by atoms with Crippen LogP contribution in [0, 0.1) is 5.92 Å². The van der Waals surface area contributed by atoms with Crippen molar-refractivity contribution in [3.8, 4) is 0 Å². The summed E-state index contributed by atoms with van der Waals surface area (Å²) in [7, 11) is 1.87. The molecule has 1 saturated carbocycles. The summed E-state index contributed by atoms with van der Waals surface area (Å²) in [5, 5.41) is 10.5. The first-order chi connectivity index (χ1) is 13.8. The third kappa shape index (κ3) is 6.69. The first kappa shape index (κ1) is 23.1. The number of likely N-dealkylation sites (tertiary alicyclic amines) is 1. The van der Waals surface area contributed by atoms with Crippen LogP contribution in [-0.4, -0.2) is 68.2 Å². The van der Waals surface area contributed by atoms with Gasteiger partial charge in [-0.05, 0) is 38.0 Å². The van der Waals surface area contributed by atoms with E-state index in [9.17, 15) is 0 Å². The van der Waals surface area contributed by atoms with E-state index in [1.165, 1.54) is 82.0 Å². The van der Waals surface area contributed by atoms with Gasteiger partial charge in [0.05, 0.1) is 5.69 Å². The number of nitrogens with one attached hydrogen (secondary N) is 2. The Morgan fingerprint density at radius 2 is 1.97 bits per heavy atom. The number of hydrogen-bond acceptors (Lipinski definition) is 5. The minimum absolute atomic E-state index is 0. The molecule has 8 heteroatoms. The average Bonchev–Trinajstić information content (AvgIpc) is 3.49. The first-order valence-electron chi connectivity index (χ1n) is 11.2. The Balaban J connectivity index is 0.00000240. The molecule has 2 saturated heterocycles. The molecule has 1 aromatic rings. The van der Waals surface area contributed by atoms with Gasteiger partial charge < -0.3 is 20.4 Å². The number of hydrogen-bond donors (Lipinski definition) is 2. The van der Waals surface area contributed by atoms with Gasteiger partial charge in [-0.1, -0.05) is 12.8 Å². The second kappa shape index (κ2) is 11.7. The van der Waals surface area contributed by atoms with Crippen LogP contribution < -0.4 is 15.5 Å². The molecule has 3 aliphatic rings. The van der Waals surface area contributed by atoms with Crippen molar-refractivity contribution in [3.05, 3.63) is 11.1 Å². The lowest BCUT2D eigenvalue weighted by molar-refractivity contribution is 0.275. The van der Waals surface area contributed by atoms with Gasteiger partial charge in [0.25, 0.3) is 0 Å². The monoisotopic (exact) mass is 532 g/mol. The zero-order valence-electron chi connectivity index (χ0n) is 17.7. The average molecular weight is 533 g/mol. The molecule has 0 radical (unpaired) electrons. The van der Waals surface area contributed by atoms with Gasteiger partial charge in [-0.2, -0.15) is 0 Å². The first-order valence-corrected chi connectivity index (χ1v) is 12.1. The third-order valence-corrected chi connectivity index (χ3v) is 7.37. The number of halogens is 1. The van der Waals surface area contributed by atoms with Crippen molar-refractivity contribution < 1.29 is 0 Å². The molecule has 29 heavy (non-hydrogen) atoms. The van der Waals surface area contributed by atoms with Crippen LogP contribution in [0.15, 0.2) is 10.4 Å². The number of aromatic nitrogens is 1. The normalized spacial score (nSPS) is 23.6. The highest BCUT2D eigenvalue weighted by Gasteiger charge is 2.26. The standard InChI is InChI=1S/C21H36N6S.HI/c1-22-20(24-18-9-13-26(15-18)14-17-6-2-3-7-17)23-10-8-19-16-28-21(25-19)27-11-4-5-12-27;/h16-18H,2-15H2,1H3,(H2,22,23,24);1H. The molecule has 0 aromatic carbocycles. The van der Waals surface area contributed by atoms with Crippen LogP contribution in [0.2, 0.25) is 0 Å². The largest absolute Gasteiger partial charge is 0.356 e. The molecule has 2 aliphatic heterocycles. The summed E-state index contributed by atoms with van der Waals surface area (Å²) in [4.78, 5) is 14.3. The second-order valence-electron chi connectivity index (χ2n) is 8.60. The van der Waals surface area contributed by atoms with Crippen molar-refractivity contribution in [2.45, 2.75) is 57.4 Å². The molecule has 0 bridgehead atoms. The van der Waals surface area contributed by atoms with Crippen LogP contribution in [0.5, 0.6) is 0 Å². The Morgan fingerprint density at radius 1 is 1.17 bits per heavy atom. The van der Waals surface area contributed by atoms with Crippen molar-refractivity contribution in [2.24, 2.45) is 10.9 Å². The third-order valence-electron chi connectivity index (χ3n) is 6.42. The van der Waals surface area contributed by atoms with E-state index in [1.54, 1.807) is 11.3 Å². The maximum atomic E-state index is 4.81. The van der Waals surface area contributed by atoms with Gasteiger partial charge in [0.1, 0.15) is 0 Å². The lowest BCUT2D eigenvalue weighted by Gasteiger charge is -2.21. The summed E-state index contributed by atoms with van der Waals surface area (Å²) in [6.07, 6.45) is 10.5. The highest BCUT2D eigenvalue weighted by Crippen LogP contribution is 2.27. The van der Waals surface area contributed by atoms with Crippen LogP contribution in [0.4, 0.5) is 5.13 Å². The Hall–Kier alpha value is -0.610. The minimum Gasteiger partial charge on any atom is -0.356 e. The number of anilines is 1. The highest BCUT2D eigenvalue weighted by molar-refractivity contribution is 14.0. The number of guanidine groups is 1. The number of thiazole rings is 1. The maximum Gasteiger partial charge on any atom is 0.191 e. The molecule has 3 heterocycles. The van der Waals surface area contributed by atoms with E-state index in [0.717, 1.165) is 31.4 Å². The number of rotatable bonds is 7. The molecule has 4 rings (SSSR count). The molecular weight excluding hydrogens is 495 g/mol. The summed E-state index contributed by atoms with van der Waals surface area (Å²) < 4.78 is 0. The van der Waals surface area contributed by atoms with E-state index < -0.39 is 0 Å². The molecule has 0 amide bonds. The summed E-state index contributed by atoms with van der Waals surface area (Å²) in [6.45, 7) is 6.89. The Kier molecular flexibility index (Phi) is 9.30. The lowest BCUT2D eigenvalue weighted by atomic mass is 10.1. The number of nitrogens with zero attached hydrogens (tertiary/aromatic N) is 4. The predicted octanol–water partition coefficient (Wildman–Crippen LogP) is 3.33. The van der Waals surface area contributed by atoms with Crippen LogP contribution in [0.25, 0.3) is 0 Å². The molecule has 2 N–H and O–H groups in total. The summed E-state index contributed by atoms with van der Waals surface area (Å²) in [5.41, 5.74) is 1.19. The molecule has 1 unspecified atom stereocenters. The molecule has 0 spiro atoms. The van der Waals surface area contributed by atoms with Crippen molar-refractivity contribution in [1.29, 1.82) is 0 Å². The zero-order chi connectivity index (χ0) is 19.2. The van der Waals surface area contributed by atoms with Crippen molar-refractivity contribution in [2.75, 3.05) is 51.2 Å². The van der Waals surface area contributed by atoms with Gasteiger partial charge in [-0.15, -0.1) is 35.3 Å². The highest BCUT2D eigenvalue weighted by atomic mass is 127. The van der Waals surface area contributed by atoms with Gasteiger partial charge in [-0.25, -0.2) is 4.98 Å². The molecular formula is C21H37IN6S. The van der Waals surface area contributed by atoms with Crippen LogP contribution in [0.3, 0.4) is 0 Å². The lowest BCUT2D eigenvalue weighted by Crippen LogP contribution is -2.45. The van der Waals surface area contributed by atoms with Crippen LogP contribution in [-0.2, 0) is 6.42 Å². The van der Waals surface area contributed by atoms with E-state index in [0.29, 0.717) is 6.04 Å². The zero-order valence-corrected chi connectivity index (χ0v) is 20.9. The van der Waals surface area contributed by atoms with Crippen LogP contribution >= 0.6 is 35.3 Å². The van der Waals surface area contributed by atoms with E-state index in [-0.39, 0.29) is 24.0 Å².